The summed E-state index contributed by atoms with van der Waals surface area (Å²) in [6.45, 7) is 1.82. The Morgan fingerprint density at radius 1 is 1.17 bits per heavy atom. The van der Waals surface area contributed by atoms with Crippen molar-refractivity contribution in [1.82, 2.24) is 15.3 Å². The third kappa shape index (κ3) is 6.19. The Bertz CT molecular complexity index is 1340. The zero-order chi connectivity index (χ0) is 25.7. The molecule has 1 amide bonds. The van der Waals surface area contributed by atoms with Gasteiger partial charge in [-0.1, -0.05) is 18.2 Å². The molecule has 0 bridgehead atoms. The summed E-state index contributed by atoms with van der Waals surface area (Å²) < 4.78 is 26.7. The molecule has 1 aliphatic rings. The van der Waals surface area contributed by atoms with Crippen molar-refractivity contribution in [3.63, 3.8) is 0 Å². The Morgan fingerprint density at radius 3 is 2.64 bits per heavy atom. The quantitative estimate of drug-likeness (QED) is 0.361. The van der Waals surface area contributed by atoms with Crippen molar-refractivity contribution in [2.75, 3.05) is 0 Å². The highest BCUT2D eigenvalue weighted by molar-refractivity contribution is 5.97. The minimum Gasteiger partial charge on any atom is -0.481 e. The van der Waals surface area contributed by atoms with E-state index in [9.17, 15) is 18.4 Å². The molecule has 2 N–H and O–H groups in total. The van der Waals surface area contributed by atoms with Crippen molar-refractivity contribution >= 4 is 22.9 Å². The fourth-order valence-corrected chi connectivity index (χ4v) is 4.27. The number of benzene rings is 1. The second-order valence-electron chi connectivity index (χ2n) is 8.94. The van der Waals surface area contributed by atoms with E-state index in [1.807, 2.05) is 13.0 Å². The van der Waals surface area contributed by atoms with Crippen LogP contribution in [0.2, 0.25) is 0 Å². The van der Waals surface area contributed by atoms with E-state index in [-0.39, 0.29) is 35.9 Å². The molecule has 186 valence electrons. The molecule has 36 heavy (non-hydrogen) atoms. The van der Waals surface area contributed by atoms with Gasteiger partial charge in [0.15, 0.2) is 5.65 Å². The lowest BCUT2D eigenvalue weighted by Gasteiger charge is -2.18. The molecule has 3 aromatic rings. The number of amides is 1. The first kappa shape index (κ1) is 25.2. The van der Waals surface area contributed by atoms with Crippen LogP contribution in [-0.2, 0) is 11.2 Å². The number of carboxylic acid groups (broad SMARTS) is 1. The van der Waals surface area contributed by atoms with Gasteiger partial charge in [-0.25, -0.2) is 18.7 Å². The minimum atomic E-state index is -0.836. The molecule has 0 fully saturated rings. The lowest BCUT2D eigenvalue weighted by Crippen LogP contribution is -2.26. The predicted molar refractivity (Wildman–Crippen MR) is 133 cm³/mol. The summed E-state index contributed by atoms with van der Waals surface area (Å²) in [5, 5.41) is 12.5. The highest BCUT2D eigenvalue weighted by Crippen LogP contribution is 2.31. The number of carbonyl (C=O) groups is 2. The molecule has 0 aliphatic heterocycles. The normalized spacial score (nSPS) is 16.0. The first-order valence-corrected chi connectivity index (χ1v) is 11.9. The van der Waals surface area contributed by atoms with Crippen LogP contribution in [0, 0.1) is 5.82 Å². The maximum absolute atomic E-state index is 13.5. The Morgan fingerprint density at radius 2 is 1.94 bits per heavy atom. The van der Waals surface area contributed by atoms with Crippen LogP contribution in [0.3, 0.4) is 0 Å². The van der Waals surface area contributed by atoms with Crippen molar-refractivity contribution in [1.29, 1.82) is 0 Å². The number of hydrogen-bond donors (Lipinski definition) is 2. The number of fused-ring (bicyclic) bond motifs is 1. The summed E-state index contributed by atoms with van der Waals surface area (Å²) in [6.07, 6.45) is 8.57. The number of aryl methyl sites for hydroxylation is 1. The van der Waals surface area contributed by atoms with E-state index in [0.29, 0.717) is 42.3 Å². The van der Waals surface area contributed by atoms with Gasteiger partial charge in [0.25, 0.3) is 5.91 Å². The minimum absolute atomic E-state index is 0.0890. The number of nitrogens with one attached hydrogen (secondary N) is 1. The van der Waals surface area contributed by atoms with Crippen LogP contribution in [0.1, 0.15) is 71.7 Å². The number of pyridine rings is 2. The number of allylic oxidation sites excluding steroid dienone is 4. The summed E-state index contributed by atoms with van der Waals surface area (Å²) in [6, 6.07) is 9.29. The Balaban J connectivity index is 1.59. The molecular weight excluding hydrogens is 464 g/mol. The van der Waals surface area contributed by atoms with Gasteiger partial charge in [0.2, 0.25) is 0 Å². The van der Waals surface area contributed by atoms with Crippen molar-refractivity contribution in [2.24, 2.45) is 0 Å². The number of carboxylic acids is 1. The van der Waals surface area contributed by atoms with E-state index in [1.165, 1.54) is 30.5 Å². The van der Waals surface area contributed by atoms with Crippen LogP contribution in [0.5, 0.6) is 0 Å². The molecule has 1 aliphatic carbocycles. The van der Waals surface area contributed by atoms with Gasteiger partial charge in [-0.15, -0.1) is 0 Å². The summed E-state index contributed by atoms with van der Waals surface area (Å²) in [5.74, 6) is -1.88. The second kappa shape index (κ2) is 11.2. The van der Waals surface area contributed by atoms with Gasteiger partial charge >= 0.3 is 5.97 Å². The van der Waals surface area contributed by atoms with Crippen LogP contribution >= 0.6 is 0 Å². The van der Waals surface area contributed by atoms with E-state index in [1.54, 1.807) is 24.3 Å². The maximum Gasteiger partial charge on any atom is 0.303 e. The molecule has 1 aromatic carbocycles. The molecule has 0 saturated heterocycles. The average Bonchev–Trinajstić information content (AvgIpc) is 2.86. The Hall–Kier alpha value is -3.94. The standard InChI is InChI=1S/C28H27F2N3O3/c1-17(18-6-10-23(29)11-7-18)32-28(36)22-15-21-14-20(4-2-3-5-25(34)35)26(33-27(21)31-16-22)19-8-12-24(30)13-9-19/h6-8,10-17,19H,2-5,9H2,1H3,(H,32,36)(H,34,35)/t17-,19?/m1/s1. The van der Waals surface area contributed by atoms with Crippen LogP contribution in [0.4, 0.5) is 8.78 Å². The van der Waals surface area contributed by atoms with E-state index < -0.39 is 5.97 Å². The summed E-state index contributed by atoms with van der Waals surface area (Å²) in [5.41, 5.74) is 3.33. The largest absolute Gasteiger partial charge is 0.481 e. The molecule has 0 spiro atoms. The maximum atomic E-state index is 13.5. The van der Waals surface area contributed by atoms with Gasteiger partial charge in [-0.3, -0.25) is 9.59 Å². The molecule has 8 heteroatoms. The predicted octanol–water partition coefficient (Wildman–Crippen LogP) is 5.95. The lowest BCUT2D eigenvalue weighted by molar-refractivity contribution is -0.137. The molecule has 6 nitrogen and oxygen atoms in total. The number of halogens is 2. The molecule has 2 aromatic heterocycles. The first-order valence-electron chi connectivity index (χ1n) is 11.9. The Kier molecular flexibility index (Phi) is 7.83. The second-order valence-corrected chi connectivity index (χ2v) is 8.94. The van der Waals surface area contributed by atoms with E-state index in [0.717, 1.165) is 16.8 Å². The SMILES string of the molecule is C[C@@H](NC(=O)c1cnc2nc(C3C=CC(F)=CC3)c(CCCCC(=O)O)cc2c1)c1ccc(F)cc1. The van der Waals surface area contributed by atoms with Crippen molar-refractivity contribution in [2.45, 2.75) is 51.0 Å². The van der Waals surface area contributed by atoms with E-state index in [4.69, 9.17) is 10.1 Å². The molecule has 1 unspecified atom stereocenters. The zero-order valence-corrected chi connectivity index (χ0v) is 19.9. The summed E-state index contributed by atoms with van der Waals surface area (Å²) in [4.78, 5) is 32.9. The van der Waals surface area contributed by atoms with Gasteiger partial charge in [0.1, 0.15) is 11.6 Å². The van der Waals surface area contributed by atoms with Gasteiger partial charge in [0.05, 0.1) is 17.3 Å². The topological polar surface area (TPSA) is 92.2 Å². The lowest BCUT2D eigenvalue weighted by atomic mass is 9.90. The van der Waals surface area contributed by atoms with E-state index >= 15 is 0 Å². The Labute approximate surface area is 207 Å². The highest BCUT2D eigenvalue weighted by Gasteiger charge is 2.19. The molecule has 4 rings (SSSR count). The summed E-state index contributed by atoms with van der Waals surface area (Å²) >= 11 is 0. The van der Waals surface area contributed by atoms with Crippen LogP contribution in [-0.4, -0.2) is 27.0 Å². The van der Waals surface area contributed by atoms with Crippen molar-refractivity contribution in [3.8, 4) is 0 Å². The number of aliphatic carboxylic acids is 1. The summed E-state index contributed by atoms with van der Waals surface area (Å²) in [7, 11) is 0. The average molecular weight is 492 g/mol. The smallest absolute Gasteiger partial charge is 0.303 e. The number of carbonyl (C=O) groups excluding carboxylic acids is 1. The van der Waals surface area contributed by atoms with Gasteiger partial charge in [-0.2, -0.15) is 0 Å². The third-order valence-electron chi connectivity index (χ3n) is 6.25. The van der Waals surface area contributed by atoms with Gasteiger partial charge in [0, 0.05) is 23.9 Å². The number of unbranched alkanes of at least 4 members (excludes halogenated alkanes) is 1. The monoisotopic (exact) mass is 491 g/mol. The number of hydrogen-bond acceptors (Lipinski definition) is 4. The van der Waals surface area contributed by atoms with Gasteiger partial charge in [-0.05, 0) is 80.2 Å². The van der Waals surface area contributed by atoms with Crippen molar-refractivity contribution in [3.05, 3.63) is 94.9 Å². The first-order chi connectivity index (χ1) is 17.3. The molecule has 0 radical (unpaired) electrons. The molecule has 2 heterocycles. The fraction of sp³-hybridized carbons (Fsp3) is 0.286. The van der Waals surface area contributed by atoms with Crippen LogP contribution < -0.4 is 5.32 Å². The molecular formula is C28H27F2N3O3. The van der Waals surface area contributed by atoms with Crippen LogP contribution in [0.15, 0.2) is 66.6 Å². The highest BCUT2D eigenvalue weighted by atomic mass is 19.1. The zero-order valence-electron chi connectivity index (χ0n) is 19.9. The number of nitrogens with zero attached hydrogens (tertiary/aromatic N) is 2. The van der Waals surface area contributed by atoms with Crippen LogP contribution in [0.25, 0.3) is 11.0 Å². The fourth-order valence-electron chi connectivity index (χ4n) is 4.27. The number of aromatic nitrogens is 2. The third-order valence-corrected chi connectivity index (χ3v) is 6.25. The molecule has 0 saturated carbocycles. The van der Waals surface area contributed by atoms with Crippen molar-refractivity contribution < 1.29 is 23.5 Å². The van der Waals surface area contributed by atoms with Gasteiger partial charge < -0.3 is 10.4 Å². The number of rotatable bonds is 9. The van der Waals surface area contributed by atoms with E-state index in [2.05, 4.69) is 10.3 Å². The molecule has 2 atom stereocenters.